The number of nitrogens with zero attached hydrogens (tertiary/aromatic N) is 2. The van der Waals surface area contributed by atoms with Crippen molar-refractivity contribution in [2.75, 3.05) is 18.4 Å². The van der Waals surface area contributed by atoms with Crippen molar-refractivity contribution in [2.45, 2.75) is 101 Å². The maximum atomic E-state index is 14.6. The van der Waals surface area contributed by atoms with Crippen LogP contribution in [0.3, 0.4) is 0 Å². The van der Waals surface area contributed by atoms with Crippen molar-refractivity contribution >= 4 is 28.2 Å². The zero-order valence-electron chi connectivity index (χ0n) is 29.7. The second kappa shape index (κ2) is 11.7. The molecule has 6 heterocycles. The highest BCUT2D eigenvalue weighted by molar-refractivity contribution is 6.34. The number of aliphatic hydroxyl groups is 5. The molecule has 8 N–H and O–H groups in total. The Morgan fingerprint density at radius 2 is 1.75 bits per heavy atom. The average molecular weight is 729 g/mol. The lowest BCUT2D eigenvalue weighted by atomic mass is 9.71. The number of phenols is 1. The third kappa shape index (κ3) is 4.60. The molecule has 0 radical (unpaired) electrons. The number of ketones is 2. The van der Waals surface area contributed by atoms with Gasteiger partial charge in [-0.25, -0.2) is 4.98 Å². The van der Waals surface area contributed by atoms with Gasteiger partial charge < -0.3 is 50.9 Å². The summed E-state index contributed by atoms with van der Waals surface area (Å²) < 4.78 is 13.5. The molecule has 3 aromatic rings. The Morgan fingerprint density at radius 3 is 2.49 bits per heavy atom. The van der Waals surface area contributed by atoms with E-state index in [1.807, 2.05) is 13.8 Å². The van der Waals surface area contributed by atoms with Gasteiger partial charge >= 0.3 is 0 Å². The van der Waals surface area contributed by atoms with Gasteiger partial charge in [0.15, 0.2) is 17.6 Å². The molecular formula is C39H44N4O10. The number of rotatable bonds is 2. The first-order valence-electron chi connectivity index (χ1n) is 18.4. The molecule has 1 saturated heterocycles. The van der Waals surface area contributed by atoms with E-state index in [4.69, 9.17) is 9.47 Å². The largest absolute Gasteiger partial charge is 0.507 e. The number of carbonyl (C=O) groups excluding carboxylic acids is 2. The summed E-state index contributed by atoms with van der Waals surface area (Å²) in [6.07, 6.45) is -2.54. The Kier molecular flexibility index (Phi) is 7.62. The van der Waals surface area contributed by atoms with Crippen LogP contribution in [0, 0.1) is 18.3 Å². The van der Waals surface area contributed by atoms with Gasteiger partial charge in [0.25, 0.3) is 0 Å². The predicted molar refractivity (Wildman–Crippen MR) is 189 cm³/mol. The van der Waals surface area contributed by atoms with Crippen molar-refractivity contribution in [1.29, 1.82) is 0 Å². The van der Waals surface area contributed by atoms with Crippen LogP contribution in [0.15, 0.2) is 36.2 Å². The molecule has 2 fully saturated rings. The highest BCUT2D eigenvalue weighted by atomic mass is 16.7. The van der Waals surface area contributed by atoms with E-state index in [1.54, 1.807) is 19.1 Å². The van der Waals surface area contributed by atoms with Crippen molar-refractivity contribution < 1.29 is 49.7 Å². The number of phenolic OH excluding ortho intramolecular Hbond substituents is 1. The number of hydrogen-bond acceptors (Lipinski definition) is 14. The van der Waals surface area contributed by atoms with Gasteiger partial charge in [-0.15, -0.1) is 0 Å². The first-order chi connectivity index (χ1) is 25.2. The van der Waals surface area contributed by atoms with Crippen molar-refractivity contribution in [3.8, 4) is 11.5 Å². The molecule has 1 saturated carbocycles. The minimum absolute atomic E-state index is 0.0106. The van der Waals surface area contributed by atoms with Gasteiger partial charge in [0.2, 0.25) is 11.6 Å². The Balaban J connectivity index is 1.34. The van der Waals surface area contributed by atoms with E-state index in [0.29, 0.717) is 46.3 Å². The number of benzene rings is 2. The zero-order valence-corrected chi connectivity index (χ0v) is 29.7. The van der Waals surface area contributed by atoms with Gasteiger partial charge in [-0.05, 0) is 67.3 Å². The van der Waals surface area contributed by atoms with E-state index < -0.39 is 59.0 Å². The topological polar surface area (TPSA) is 214 Å². The molecule has 3 spiro atoms. The Hall–Kier alpha value is -4.15. The summed E-state index contributed by atoms with van der Waals surface area (Å²) in [5, 5.41) is 76.7. The lowest BCUT2D eigenvalue weighted by molar-refractivity contribution is -0.387. The van der Waals surface area contributed by atoms with E-state index in [2.05, 4.69) is 15.7 Å². The van der Waals surface area contributed by atoms with Gasteiger partial charge in [-0.3, -0.25) is 9.59 Å². The molecule has 7 atom stereocenters. The molecule has 10 rings (SSSR count). The Labute approximate surface area is 305 Å². The number of anilines is 1. The average Bonchev–Trinajstić information content (AvgIpc) is 3.63. The number of aryl methyl sites for hydroxylation is 2. The summed E-state index contributed by atoms with van der Waals surface area (Å²) in [5.41, 5.74) is 1.58. The second-order valence-electron chi connectivity index (χ2n) is 16.1. The van der Waals surface area contributed by atoms with E-state index >= 15 is 0 Å². The number of hydrazine groups is 1. The SMILES string of the molecule is Cc1cc(O)c2c(c1)C(=O)c1c(c3c4c5c(nccc15)NCC(O)C1(CCCC1)C1=CC5(OC(CC4)(O3)C(O)C(O)C5O)C(O)N(CC(C)C)N1)C2=O. The number of aromatic hydroxyl groups is 1. The van der Waals surface area contributed by atoms with Crippen LogP contribution in [0.25, 0.3) is 10.8 Å². The standard InChI is InChI=1S/C39H44N4O10/c1-17(2)16-43-36(51)38-14-23(42-43)37(8-4-5-9-37)24(45)15-41-35-25-19(7-11-40-35)27-28(30(47)26-21(29(27)46)12-18(3)13-22(26)44)32-20(25)6-10-39(52-32,53-38)34(50)31(48)33(38)49/h7,11-14,17,24,31,33-34,36,42,44-45,48-51H,4-6,8-10,15-16H2,1-3H3,(H,40,41). The van der Waals surface area contributed by atoms with E-state index in [9.17, 15) is 40.2 Å². The highest BCUT2D eigenvalue weighted by Crippen LogP contribution is 2.55. The van der Waals surface area contributed by atoms with E-state index in [1.165, 1.54) is 23.3 Å². The minimum Gasteiger partial charge on any atom is -0.507 e. The molecule has 2 aromatic carbocycles. The molecule has 53 heavy (non-hydrogen) atoms. The monoisotopic (exact) mass is 728 g/mol. The number of aromatic nitrogens is 1. The van der Waals surface area contributed by atoms with Crippen LogP contribution in [-0.2, 0) is 11.2 Å². The molecule has 7 aliphatic rings. The van der Waals surface area contributed by atoms with Crippen molar-refractivity contribution in [3.05, 3.63) is 69.5 Å². The number of nitrogens with one attached hydrogen (secondary N) is 2. The molecule has 7 unspecified atom stereocenters. The van der Waals surface area contributed by atoms with Crippen molar-refractivity contribution in [3.63, 3.8) is 0 Å². The number of aliphatic hydroxyl groups excluding tert-OH is 5. The fourth-order valence-corrected chi connectivity index (χ4v) is 9.88. The number of ether oxygens (including phenoxy) is 2. The summed E-state index contributed by atoms with van der Waals surface area (Å²) in [6, 6.07) is 4.60. The summed E-state index contributed by atoms with van der Waals surface area (Å²) in [4.78, 5) is 33.8. The van der Waals surface area contributed by atoms with Gasteiger partial charge in [-0.2, -0.15) is 5.01 Å². The molecule has 1 aromatic heterocycles. The normalized spacial score (nSPS) is 32.9. The van der Waals surface area contributed by atoms with Gasteiger partial charge in [0.1, 0.15) is 35.6 Å². The third-order valence-electron chi connectivity index (χ3n) is 12.4. The Morgan fingerprint density at radius 1 is 1.00 bits per heavy atom. The summed E-state index contributed by atoms with van der Waals surface area (Å²) >= 11 is 0. The zero-order chi connectivity index (χ0) is 37.4. The second-order valence-corrected chi connectivity index (χ2v) is 16.1. The van der Waals surface area contributed by atoms with Crippen LogP contribution in [0.4, 0.5) is 5.82 Å². The number of hydrogen-bond donors (Lipinski definition) is 8. The van der Waals surface area contributed by atoms with E-state index in [0.717, 1.165) is 12.8 Å². The predicted octanol–water partition coefficient (Wildman–Crippen LogP) is 1.92. The molecule has 14 heteroatoms. The highest BCUT2D eigenvalue weighted by Gasteiger charge is 2.67. The minimum atomic E-state index is -2.16. The van der Waals surface area contributed by atoms with Gasteiger partial charge in [-0.1, -0.05) is 26.7 Å². The lowest BCUT2D eigenvalue weighted by Crippen LogP contribution is -2.78. The first kappa shape index (κ1) is 34.6. The summed E-state index contributed by atoms with van der Waals surface area (Å²) in [7, 11) is 0. The van der Waals surface area contributed by atoms with Gasteiger partial charge in [0.05, 0.1) is 17.2 Å². The number of carbonyl (C=O) groups is 2. The summed E-state index contributed by atoms with van der Waals surface area (Å²) in [5.74, 6) is -3.48. The molecule has 6 bridgehead atoms. The quantitative estimate of drug-likeness (QED) is 0.148. The molecule has 14 nitrogen and oxygen atoms in total. The molecule has 5 aliphatic heterocycles. The van der Waals surface area contributed by atoms with Crippen LogP contribution in [0.2, 0.25) is 0 Å². The maximum absolute atomic E-state index is 14.6. The maximum Gasteiger partial charge on any atom is 0.240 e. The molecule has 2 aliphatic carbocycles. The Bertz CT molecular complexity index is 2130. The van der Waals surface area contributed by atoms with Gasteiger partial charge in [0, 0.05) is 58.9 Å². The van der Waals surface area contributed by atoms with Crippen LogP contribution >= 0.6 is 0 Å². The number of fused-ring (bicyclic) bond motifs is 6. The fourth-order valence-electron chi connectivity index (χ4n) is 9.88. The first-order valence-corrected chi connectivity index (χ1v) is 18.4. The van der Waals surface area contributed by atoms with E-state index in [-0.39, 0.29) is 65.6 Å². The van der Waals surface area contributed by atoms with Crippen LogP contribution in [-0.4, -0.2) is 107 Å². The van der Waals surface area contributed by atoms with Crippen molar-refractivity contribution in [1.82, 2.24) is 15.4 Å². The smallest absolute Gasteiger partial charge is 0.240 e. The van der Waals surface area contributed by atoms with Crippen LogP contribution in [0.5, 0.6) is 11.5 Å². The summed E-state index contributed by atoms with van der Waals surface area (Å²) in [6.45, 7) is 5.92. The molecule has 0 amide bonds. The molecular weight excluding hydrogens is 684 g/mol. The molecule has 280 valence electrons. The van der Waals surface area contributed by atoms with Crippen LogP contribution < -0.4 is 15.5 Å². The van der Waals surface area contributed by atoms with Crippen molar-refractivity contribution in [2.24, 2.45) is 11.3 Å². The van der Waals surface area contributed by atoms with Crippen LogP contribution in [0.1, 0.15) is 88.9 Å². The lowest BCUT2D eigenvalue weighted by Gasteiger charge is -2.59. The fraction of sp³-hybridized carbons (Fsp3) is 0.513. The third-order valence-corrected chi connectivity index (χ3v) is 12.4. The number of pyridine rings is 1.